The van der Waals surface area contributed by atoms with Crippen molar-refractivity contribution < 1.29 is 19.0 Å². The van der Waals surface area contributed by atoms with Crippen molar-refractivity contribution in [2.24, 2.45) is 0 Å². The number of ether oxygens (including phenoxy) is 3. The predicted octanol–water partition coefficient (Wildman–Crippen LogP) is 6.13. The number of nitrogens with one attached hydrogen (secondary N) is 2. The van der Waals surface area contributed by atoms with E-state index in [2.05, 4.69) is 30.6 Å². The van der Waals surface area contributed by atoms with Crippen LogP contribution in [0.1, 0.15) is 15.9 Å². The minimum atomic E-state index is -0.350. The lowest BCUT2D eigenvalue weighted by Gasteiger charge is -2.14. The van der Waals surface area contributed by atoms with Crippen LogP contribution in [0.3, 0.4) is 0 Å². The Labute approximate surface area is 231 Å². The largest absolute Gasteiger partial charge is 0.495 e. The number of hydrogen-bond donors (Lipinski definition) is 2. The van der Waals surface area contributed by atoms with E-state index in [1.54, 1.807) is 61.8 Å². The van der Waals surface area contributed by atoms with Gasteiger partial charge in [0.15, 0.2) is 5.82 Å². The fraction of sp³-hybridized carbons (Fsp3) is 0.100. The first kappa shape index (κ1) is 26.1. The summed E-state index contributed by atoms with van der Waals surface area (Å²) < 4.78 is 17.6. The molecule has 2 heterocycles. The maximum Gasteiger partial charge on any atom is 0.255 e. The van der Waals surface area contributed by atoms with Crippen molar-refractivity contribution in [3.05, 3.63) is 103 Å². The third-order valence-electron chi connectivity index (χ3n) is 5.86. The molecule has 0 aliphatic carbocycles. The summed E-state index contributed by atoms with van der Waals surface area (Å²) in [4.78, 5) is 30.4. The molecule has 0 radical (unpaired) electrons. The summed E-state index contributed by atoms with van der Waals surface area (Å²) >= 11 is 0. The van der Waals surface area contributed by atoms with Crippen LogP contribution in [-0.4, -0.2) is 40.0 Å². The van der Waals surface area contributed by atoms with Crippen molar-refractivity contribution in [1.82, 2.24) is 19.9 Å². The maximum absolute atomic E-state index is 13.3. The molecule has 0 bridgehead atoms. The second kappa shape index (κ2) is 11.9. The smallest absolute Gasteiger partial charge is 0.255 e. The average molecular weight is 535 g/mol. The number of nitrogens with zero attached hydrogens (tertiary/aromatic N) is 4. The van der Waals surface area contributed by atoms with E-state index >= 15 is 0 Å². The molecule has 0 saturated heterocycles. The van der Waals surface area contributed by atoms with Gasteiger partial charge in [0, 0.05) is 24.9 Å². The lowest BCUT2D eigenvalue weighted by atomic mass is 10.1. The molecule has 40 heavy (non-hydrogen) atoms. The molecule has 2 aromatic heterocycles. The Morgan fingerprint density at radius 1 is 0.825 bits per heavy atom. The van der Waals surface area contributed by atoms with E-state index in [1.165, 1.54) is 13.4 Å². The van der Waals surface area contributed by atoms with Gasteiger partial charge in [-0.3, -0.25) is 4.79 Å². The molecular weight excluding hydrogens is 508 g/mol. The van der Waals surface area contributed by atoms with Crippen LogP contribution in [0.15, 0.2) is 91.4 Å². The molecule has 5 aromatic rings. The molecule has 10 nitrogen and oxygen atoms in total. The van der Waals surface area contributed by atoms with Crippen molar-refractivity contribution in [2.45, 2.75) is 6.92 Å². The van der Waals surface area contributed by atoms with Gasteiger partial charge in [0.1, 0.15) is 29.3 Å². The zero-order valence-electron chi connectivity index (χ0n) is 22.1. The summed E-state index contributed by atoms with van der Waals surface area (Å²) in [5.74, 6) is 2.96. The first-order valence-electron chi connectivity index (χ1n) is 12.4. The van der Waals surface area contributed by atoms with Crippen LogP contribution >= 0.6 is 0 Å². The number of para-hydroxylation sites is 1. The molecule has 0 saturated carbocycles. The molecule has 10 heteroatoms. The van der Waals surface area contributed by atoms with E-state index < -0.39 is 0 Å². The molecule has 2 N–H and O–H groups in total. The van der Waals surface area contributed by atoms with E-state index in [0.717, 1.165) is 5.56 Å². The highest BCUT2D eigenvalue weighted by atomic mass is 16.5. The fourth-order valence-electron chi connectivity index (χ4n) is 3.81. The first-order chi connectivity index (χ1) is 19.5. The summed E-state index contributed by atoms with van der Waals surface area (Å²) in [5, 5.41) is 5.81. The molecule has 0 aliphatic heterocycles. The van der Waals surface area contributed by atoms with Crippen LogP contribution in [0, 0.1) is 6.92 Å². The normalized spacial score (nSPS) is 10.5. The number of anilines is 2. The van der Waals surface area contributed by atoms with E-state index in [1.807, 2.05) is 37.3 Å². The number of carbonyl (C=O) groups is 1. The molecule has 5 rings (SSSR count). The van der Waals surface area contributed by atoms with E-state index in [9.17, 15) is 4.79 Å². The van der Waals surface area contributed by atoms with Crippen LogP contribution in [-0.2, 0) is 0 Å². The Hall–Kier alpha value is -5.51. The van der Waals surface area contributed by atoms with Gasteiger partial charge in [-0.1, -0.05) is 24.3 Å². The Bertz CT molecular complexity index is 1650. The number of methoxy groups -OCH3 is 1. The second-order valence-electron chi connectivity index (χ2n) is 8.55. The topological polar surface area (TPSA) is 120 Å². The minimum absolute atomic E-state index is 0.295. The number of aromatic nitrogens is 4. The maximum atomic E-state index is 13.3. The Kier molecular flexibility index (Phi) is 7.77. The van der Waals surface area contributed by atoms with Crippen molar-refractivity contribution >= 4 is 17.5 Å². The van der Waals surface area contributed by atoms with Crippen LogP contribution < -0.4 is 24.8 Å². The number of amides is 1. The van der Waals surface area contributed by atoms with Crippen LogP contribution in [0.25, 0.3) is 11.4 Å². The molecule has 1 amide bonds. The SMILES string of the molecule is CNc1ncnc(-c2cccnc2Oc2cc(C(=O)Nc3cc(Oc4ccccc4)ccc3OC)ccc2C)n1. The highest BCUT2D eigenvalue weighted by Crippen LogP contribution is 2.34. The molecule has 0 unspecified atom stereocenters. The summed E-state index contributed by atoms with van der Waals surface area (Å²) in [7, 11) is 3.26. The van der Waals surface area contributed by atoms with Gasteiger partial charge in [-0.05, 0) is 61.0 Å². The van der Waals surface area contributed by atoms with Gasteiger partial charge in [-0.25, -0.2) is 15.0 Å². The Morgan fingerprint density at radius 2 is 1.68 bits per heavy atom. The summed E-state index contributed by atoms with van der Waals surface area (Å²) in [6.45, 7) is 1.88. The van der Waals surface area contributed by atoms with Gasteiger partial charge in [0.25, 0.3) is 5.91 Å². The number of hydrogen-bond acceptors (Lipinski definition) is 9. The third-order valence-corrected chi connectivity index (χ3v) is 5.86. The average Bonchev–Trinajstić information content (AvgIpc) is 2.99. The molecule has 3 aromatic carbocycles. The standard InChI is InChI=1S/C30H26N6O4/c1-19-11-12-20(16-26(19)40-29-23(10-7-15-32-29)27-33-18-34-30(31-2)36-27)28(37)35-24-17-22(13-14-25(24)38-3)39-21-8-5-4-6-9-21/h4-18H,1-3H3,(H,35,37)(H,31,33,34,36). The Balaban J connectivity index is 1.39. The number of aryl methyl sites for hydroxylation is 1. The van der Waals surface area contributed by atoms with Crippen LogP contribution in [0.5, 0.6) is 28.9 Å². The first-order valence-corrected chi connectivity index (χ1v) is 12.4. The lowest BCUT2D eigenvalue weighted by Crippen LogP contribution is -2.13. The molecule has 0 aliphatic rings. The van der Waals surface area contributed by atoms with Gasteiger partial charge in [0.2, 0.25) is 11.8 Å². The summed E-state index contributed by atoms with van der Waals surface area (Å²) in [6.07, 6.45) is 3.02. The molecule has 0 atom stereocenters. The quantitative estimate of drug-likeness (QED) is 0.230. The number of carbonyl (C=O) groups excluding carboxylic acids is 1. The summed E-state index contributed by atoms with van der Waals surface area (Å²) in [6, 6.07) is 23.4. The van der Waals surface area contributed by atoms with E-state index in [-0.39, 0.29) is 5.91 Å². The second-order valence-corrected chi connectivity index (χ2v) is 8.55. The highest BCUT2D eigenvalue weighted by molar-refractivity contribution is 6.05. The van der Waals surface area contributed by atoms with E-state index in [0.29, 0.717) is 57.5 Å². The molecule has 200 valence electrons. The van der Waals surface area contributed by atoms with Crippen molar-refractivity contribution in [3.8, 4) is 40.3 Å². The molecule has 0 spiro atoms. The van der Waals surface area contributed by atoms with E-state index in [4.69, 9.17) is 14.2 Å². The molecule has 0 fully saturated rings. The lowest BCUT2D eigenvalue weighted by molar-refractivity contribution is 0.102. The van der Waals surface area contributed by atoms with Gasteiger partial charge in [0.05, 0.1) is 18.4 Å². The highest BCUT2D eigenvalue weighted by Gasteiger charge is 2.17. The number of pyridine rings is 1. The van der Waals surface area contributed by atoms with Crippen molar-refractivity contribution in [2.75, 3.05) is 24.8 Å². The van der Waals surface area contributed by atoms with Crippen molar-refractivity contribution in [3.63, 3.8) is 0 Å². The zero-order chi connectivity index (χ0) is 27.9. The van der Waals surface area contributed by atoms with Crippen molar-refractivity contribution in [1.29, 1.82) is 0 Å². The van der Waals surface area contributed by atoms with Gasteiger partial charge in [-0.15, -0.1) is 0 Å². The number of benzene rings is 3. The van der Waals surface area contributed by atoms with Gasteiger partial charge < -0.3 is 24.8 Å². The predicted molar refractivity (Wildman–Crippen MR) is 151 cm³/mol. The van der Waals surface area contributed by atoms with Crippen LogP contribution in [0.2, 0.25) is 0 Å². The minimum Gasteiger partial charge on any atom is -0.495 e. The monoisotopic (exact) mass is 534 g/mol. The van der Waals surface area contributed by atoms with Crippen LogP contribution in [0.4, 0.5) is 11.6 Å². The Morgan fingerprint density at radius 3 is 2.48 bits per heavy atom. The third kappa shape index (κ3) is 5.97. The fourth-order valence-corrected chi connectivity index (χ4v) is 3.81. The molecular formula is C30H26N6O4. The summed E-state index contributed by atoms with van der Waals surface area (Å²) in [5.41, 5.74) is 2.24. The van der Waals surface area contributed by atoms with Gasteiger partial charge in [-0.2, -0.15) is 4.98 Å². The zero-order valence-corrected chi connectivity index (χ0v) is 22.1. The number of rotatable bonds is 9. The van der Waals surface area contributed by atoms with Gasteiger partial charge >= 0.3 is 0 Å².